The Morgan fingerprint density at radius 3 is 1.06 bits per heavy atom. The molecule has 0 heterocycles. The van der Waals surface area contributed by atoms with Gasteiger partial charge in [0.25, 0.3) is 0 Å². The molecule has 100 heavy (non-hydrogen) atoms. The Kier molecular flexibility index (Phi) is 30.8. The van der Waals surface area contributed by atoms with Gasteiger partial charge in [-0.05, 0) is 197 Å². The molecule has 0 amide bonds. The van der Waals surface area contributed by atoms with Gasteiger partial charge in [-0.25, -0.2) is 8.78 Å². The van der Waals surface area contributed by atoms with Gasteiger partial charge in [-0.1, -0.05) is 224 Å². The molecule has 0 atom stereocenters. The highest BCUT2D eigenvalue weighted by Gasteiger charge is 2.34. The maximum atomic E-state index is 13.4. The van der Waals surface area contributed by atoms with Crippen molar-refractivity contribution in [2.24, 2.45) is 0 Å². The summed E-state index contributed by atoms with van der Waals surface area (Å²) in [4.78, 5) is 0. The van der Waals surface area contributed by atoms with E-state index in [1.165, 1.54) is 59.7 Å². The number of phenolic OH excluding ortho intramolecular Hbond substituents is 10. The fourth-order valence-electron chi connectivity index (χ4n) is 10.0. The lowest BCUT2D eigenvalue weighted by Gasteiger charge is -2.25. The van der Waals surface area contributed by atoms with E-state index >= 15 is 0 Å². The molecule has 0 radical (unpaired) electrons. The van der Waals surface area contributed by atoms with Gasteiger partial charge < -0.3 is 51.1 Å². The largest absolute Gasteiger partial charge is 0.508 e. The van der Waals surface area contributed by atoms with Gasteiger partial charge >= 0.3 is 0 Å². The van der Waals surface area contributed by atoms with E-state index in [-0.39, 0.29) is 61.2 Å². The first kappa shape index (κ1) is 85.9. The highest BCUT2D eigenvalue weighted by molar-refractivity contribution is 9.10. The minimum absolute atomic E-state index is 0.0426. The lowest BCUT2D eigenvalue weighted by atomic mass is 9.81. The summed E-state index contributed by atoms with van der Waals surface area (Å²) < 4.78 is 53.8. The highest BCUT2D eigenvalue weighted by Crippen LogP contribution is 2.43. The molecule has 0 spiro atoms. The van der Waals surface area contributed by atoms with Crippen LogP contribution in [0.2, 0.25) is 0 Å². The Balaban J connectivity index is 0.000000304. The smallest absolute Gasteiger partial charge is 0.203 e. The third kappa shape index (κ3) is 22.9. The number of fused-ring (bicyclic) bond motifs is 2. The van der Waals surface area contributed by atoms with Gasteiger partial charge in [0.05, 0.1) is 4.47 Å². The summed E-state index contributed by atoms with van der Waals surface area (Å²) in [6.45, 7) is 43.3. The number of benzene rings is 9. The first-order chi connectivity index (χ1) is 46.2. The molecule has 15 heteroatoms. The standard InChI is InChI=1S/2C15H18O.C11H15BrO.C11H12F4O.C11H16O3.C11H16O2.C11H16O/c1-4-15(2,3)13-7-5-12-10-14(16)8-6-11(12)9-13;1-4-15(2,3)12-8-9-13-11(10-12)6-5-7-14(13)16;1-4-11(2,3)8-5-6-10(13)9(12)7-8;1-4-11(2,3)5-6(12)8(14)10(16)9(15)7(5)13;1-4-11(2,3)10-8(13)5-7(12)6-9(10)14;1-4-11(2,3)8-5-6-9(12)10(13)7-8;1-4-11(2,3)9-5-7-10(12)8-6-9/h2*5-10,16H,4H2,1-3H3;5-7,13H,4H2,1-3H3;16H,4H2,1-3H3;5-6,12-14H,4H2,1-3H3;5-7,12-13H,4H2,1-3H3;5-8,12H,4H2,1-3H3. The van der Waals surface area contributed by atoms with Crippen molar-refractivity contribution in [3.05, 3.63) is 212 Å². The number of phenols is 10. The summed E-state index contributed by atoms with van der Waals surface area (Å²) in [6, 6.07) is 44.6. The second-order valence-electron chi connectivity index (χ2n) is 29.9. The predicted octanol–water partition coefficient (Wildman–Crippen LogP) is 24.3. The van der Waals surface area contributed by atoms with E-state index in [9.17, 15) is 48.2 Å². The molecule has 0 aromatic heterocycles. The quantitative estimate of drug-likeness (QED) is 0.0284. The summed E-state index contributed by atoms with van der Waals surface area (Å²) in [6.07, 6.45) is 6.51. The summed E-state index contributed by atoms with van der Waals surface area (Å²) in [5.74, 6) is -7.23. The van der Waals surface area contributed by atoms with Crippen molar-refractivity contribution in [3.63, 3.8) is 0 Å². The molecule has 0 bridgehead atoms. The van der Waals surface area contributed by atoms with Crippen LogP contribution in [0.3, 0.4) is 0 Å². The number of aromatic hydroxyl groups is 10. The average Bonchev–Trinajstić information content (AvgIpc) is 0.773. The number of halogens is 5. The van der Waals surface area contributed by atoms with Crippen LogP contribution in [0.15, 0.2) is 150 Å². The van der Waals surface area contributed by atoms with E-state index in [2.05, 4.69) is 150 Å². The molecule has 9 aromatic carbocycles. The zero-order valence-electron chi connectivity index (χ0n) is 62.7. The lowest BCUT2D eigenvalue weighted by molar-refractivity contribution is 0.333. The minimum atomic E-state index is -1.75. The van der Waals surface area contributed by atoms with Crippen LogP contribution in [0, 0.1) is 23.3 Å². The molecular weight excluding hydrogens is 1340 g/mol. The minimum Gasteiger partial charge on any atom is -0.508 e. The van der Waals surface area contributed by atoms with Crippen molar-refractivity contribution in [2.45, 2.75) is 228 Å². The molecule has 10 N–H and O–H groups in total. The Morgan fingerprint density at radius 1 is 0.270 bits per heavy atom. The molecular formula is C85H111BrF4O10. The number of hydrogen-bond donors (Lipinski definition) is 10. The second kappa shape index (κ2) is 35.8. The van der Waals surface area contributed by atoms with Crippen LogP contribution >= 0.6 is 15.9 Å². The molecule has 0 saturated carbocycles. The average molecular weight is 1450 g/mol. The SMILES string of the molecule is CCC(C)(C)c1c(F)c(F)c(O)c(F)c1F.CCC(C)(C)c1c(O)cc(O)cc1O.CCC(C)(C)c1ccc(O)c(Br)c1.CCC(C)(C)c1ccc(O)c(O)c1.CCC(C)(C)c1ccc(O)cc1.CCC(C)(C)c1ccc2c(O)cccc2c1.CCC(C)(C)c1ccc2cc(O)ccc2c1. The molecule has 10 nitrogen and oxygen atoms in total. The first-order valence-electron chi connectivity index (χ1n) is 34.3. The normalized spacial score (nSPS) is 11.8. The van der Waals surface area contributed by atoms with Gasteiger partial charge in [-0.2, -0.15) is 8.78 Å². The van der Waals surface area contributed by atoms with Crippen LogP contribution in [0.5, 0.6) is 57.5 Å². The van der Waals surface area contributed by atoms with E-state index in [1.54, 1.807) is 49.4 Å². The molecule has 0 fully saturated rings. The summed E-state index contributed by atoms with van der Waals surface area (Å²) in [7, 11) is 0. The molecule has 546 valence electrons. The van der Waals surface area contributed by atoms with E-state index < -0.39 is 40.0 Å². The third-order valence-corrected chi connectivity index (χ3v) is 20.9. The predicted molar refractivity (Wildman–Crippen MR) is 408 cm³/mol. The molecule has 0 aliphatic rings. The third-order valence-electron chi connectivity index (χ3n) is 20.2. The van der Waals surface area contributed by atoms with Crippen molar-refractivity contribution in [1.82, 2.24) is 0 Å². The fraction of sp³-hybridized carbons (Fsp3) is 0.412. The van der Waals surface area contributed by atoms with Crippen LogP contribution in [-0.2, 0) is 37.9 Å². The van der Waals surface area contributed by atoms with Gasteiger partial charge in [0.2, 0.25) is 11.6 Å². The maximum Gasteiger partial charge on any atom is 0.203 e. The fourth-order valence-corrected chi connectivity index (χ4v) is 10.4. The number of rotatable bonds is 14. The molecule has 0 unspecified atom stereocenters. The summed E-state index contributed by atoms with van der Waals surface area (Å²) in [5.41, 5.74) is 5.56. The van der Waals surface area contributed by atoms with Crippen LogP contribution < -0.4 is 0 Å². The van der Waals surface area contributed by atoms with Crippen LogP contribution in [-0.4, -0.2) is 51.1 Å². The monoisotopic (exact) mass is 1450 g/mol. The van der Waals surface area contributed by atoms with Gasteiger partial charge in [-0.3, -0.25) is 0 Å². The molecule has 0 saturated heterocycles. The zero-order chi connectivity index (χ0) is 76.4. The Hall–Kier alpha value is -8.30. The molecule has 9 rings (SSSR count). The molecule has 0 aliphatic heterocycles. The van der Waals surface area contributed by atoms with E-state index in [0.29, 0.717) is 35.0 Å². The van der Waals surface area contributed by atoms with Crippen molar-refractivity contribution < 1.29 is 68.6 Å². The summed E-state index contributed by atoms with van der Waals surface area (Å²) >= 11 is 3.32. The second-order valence-corrected chi connectivity index (χ2v) is 30.7. The Morgan fingerprint density at radius 2 is 0.620 bits per heavy atom. The van der Waals surface area contributed by atoms with Crippen LogP contribution in [0.4, 0.5) is 17.6 Å². The molecule has 0 aliphatic carbocycles. The van der Waals surface area contributed by atoms with Crippen LogP contribution in [0.1, 0.15) is 229 Å². The van der Waals surface area contributed by atoms with E-state index in [1.807, 2.05) is 75.4 Å². The van der Waals surface area contributed by atoms with Crippen molar-refractivity contribution in [2.75, 3.05) is 0 Å². The maximum absolute atomic E-state index is 13.4. The van der Waals surface area contributed by atoms with Gasteiger partial charge in [-0.15, -0.1) is 0 Å². The Bertz CT molecular complexity index is 4020. The topological polar surface area (TPSA) is 202 Å². The first-order valence-corrected chi connectivity index (χ1v) is 35.1. The highest BCUT2D eigenvalue weighted by atomic mass is 79.9. The lowest BCUT2D eigenvalue weighted by Crippen LogP contribution is -2.21. The Labute approximate surface area is 600 Å². The van der Waals surface area contributed by atoms with Gasteiger partial charge in [0.15, 0.2) is 28.9 Å². The molecule has 9 aromatic rings. The van der Waals surface area contributed by atoms with Crippen LogP contribution in [0.25, 0.3) is 21.5 Å². The van der Waals surface area contributed by atoms with Crippen molar-refractivity contribution >= 4 is 37.5 Å². The number of hydrogen-bond acceptors (Lipinski definition) is 10. The van der Waals surface area contributed by atoms with E-state index in [4.69, 9.17) is 20.4 Å². The van der Waals surface area contributed by atoms with E-state index in [0.717, 1.165) is 64.7 Å². The van der Waals surface area contributed by atoms with Crippen molar-refractivity contribution in [1.29, 1.82) is 0 Å². The summed E-state index contributed by atoms with van der Waals surface area (Å²) in [5, 5.41) is 97.5. The van der Waals surface area contributed by atoms with Crippen molar-refractivity contribution in [3.8, 4) is 57.5 Å². The van der Waals surface area contributed by atoms with Gasteiger partial charge in [0.1, 0.15) is 40.2 Å². The van der Waals surface area contributed by atoms with Gasteiger partial charge in [0, 0.05) is 28.6 Å². The zero-order valence-corrected chi connectivity index (χ0v) is 64.3.